The van der Waals surface area contributed by atoms with E-state index in [1.807, 2.05) is 0 Å². The van der Waals surface area contributed by atoms with Crippen molar-refractivity contribution in [3.05, 3.63) is 36.0 Å². The molecule has 1 aromatic carbocycles. The number of aryl methyl sites for hydroxylation is 1. The molecule has 0 aliphatic carbocycles. The summed E-state index contributed by atoms with van der Waals surface area (Å²) in [6.45, 7) is 0.267. The maximum Gasteiger partial charge on any atom is 0.389 e. The third-order valence-corrected chi connectivity index (χ3v) is 3.06. The molecule has 0 fully saturated rings. The fourth-order valence-electron chi connectivity index (χ4n) is 2.15. The molecular formula is C13H14F3N3O. The Balaban J connectivity index is 2.25. The first-order chi connectivity index (χ1) is 9.42. The van der Waals surface area contributed by atoms with Crippen LogP contribution in [0.15, 0.2) is 35.6 Å². The van der Waals surface area contributed by atoms with E-state index >= 15 is 0 Å². The van der Waals surface area contributed by atoms with Crippen molar-refractivity contribution in [1.82, 2.24) is 4.57 Å². The number of fused-ring (bicyclic) bond motifs is 1. The third-order valence-electron chi connectivity index (χ3n) is 3.06. The number of nitrogens with two attached hydrogens (primary N) is 1. The van der Waals surface area contributed by atoms with E-state index in [0.29, 0.717) is 5.56 Å². The summed E-state index contributed by atoms with van der Waals surface area (Å²) >= 11 is 0. The molecule has 0 saturated heterocycles. The Labute approximate surface area is 113 Å². The highest BCUT2D eigenvalue weighted by molar-refractivity contribution is 6.08. The van der Waals surface area contributed by atoms with E-state index < -0.39 is 12.6 Å². The lowest BCUT2D eigenvalue weighted by Gasteiger charge is -2.08. The van der Waals surface area contributed by atoms with E-state index in [9.17, 15) is 13.2 Å². The Morgan fingerprint density at radius 1 is 1.30 bits per heavy atom. The fourth-order valence-corrected chi connectivity index (χ4v) is 2.15. The van der Waals surface area contributed by atoms with Crippen molar-refractivity contribution in [2.24, 2.45) is 10.9 Å². The molecule has 0 amide bonds. The number of oxime groups is 1. The van der Waals surface area contributed by atoms with Crippen molar-refractivity contribution >= 4 is 16.7 Å². The predicted octanol–water partition coefficient (Wildman–Crippen LogP) is 3.08. The van der Waals surface area contributed by atoms with Gasteiger partial charge in [-0.15, -0.1) is 0 Å². The molecule has 7 heteroatoms. The van der Waals surface area contributed by atoms with Crippen LogP contribution >= 0.6 is 0 Å². The zero-order valence-corrected chi connectivity index (χ0v) is 10.6. The van der Waals surface area contributed by atoms with Gasteiger partial charge in [0.25, 0.3) is 0 Å². The molecule has 0 unspecified atom stereocenters. The molecule has 2 aromatic rings. The first-order valence-electron chi connectivity index (χ1n) is 6.05. The van der Waals surface area contributed by atoms with Gasteiger partial charge in [0.05, 0.1) is 0 Å². The molecule has 108 valence electrons. The summed E-state index contributed by atoms with van der Waals surface area (Å²) in [5.74, 6) is -0.0244. The molecule has 0 bridgehead atoms. The SMILES string of the molecule is N/C(=N/O)c1cccc2c1ccn2CCCC(F)(F)F. The quantitative estimate of drug-likeness (QED) is 0.392. The van der Waals surface area contributed by atoms with Gasteiger partial charge in [0.15, 0.2) is 5.84 Å². The normalized spacial score (nSPS) is 13.1. The van der Waals surface area contributed by atoms with Crippen molar-refractivity contribution in [3.63, 3.8) is 0 Å². The molecule has 1 heterocycles. The maximum absolute atomic E-state index is 12.1. The zero-order chi connectivity index (χ0) is 14.8. The van der Waals surface area contributed by atoms with E-state index in [2.05, 4.69) is 5.16 Å². The average molecular weight is 285 g/mol. The number of aromatic nitrogens is 1. The van der Waals surface area contributed by atoms with Crippen LogP contribution in [-0.2, 0) is 6.54 Å². The van der Waals surface area contributed by atoms with E-state index in [1.165, 1.54) is 0 Å². The summed E-state index contributed by atoms with van der Waals surface area (Å²) in [6, 6.07) is 6.95. The fraction of sp³-hybridized carbons (Fsp3) is 0.308. The Morgan fingerprint density at radius 3 is 2.70 bits per heavy atom. The van der Waals surface area contributed by atoms with Crippen LogP contribution in [0.2, 0.25) is 0 Å². The number of nitrogens with zero attached hydrogens (tertiary/aromatic N) is 2. The van der Waals surface area contributed by atoms with Crippen molar-refractivity contribution in [1.29, 1.82) is 0 Å². The lowest BCUT2D eigenvalue weighted by atomic mass is 10.1. The van der Waals surface area contributed by atoms with Gasteiger partial charge in [-0.25, -0.2) is 0 Å². The van der Waals surface area contributed by atoms with Gasteiger partial charge in [-0.2, -0.15) is 13.2 Å². The lowest BCUT2D eigenvalue weighted by Crippen LogP contribution is -2.13. The topological polar surface area (TPSA) is 63.5 Å². The van der Waals surface area contributed by atoms with Crippen LogP contribution in [0.1, 0.15) is 18.4 Å². The first-order valence-corrected chi connectivity index (χ1v) is 6.05. The van der Waals surface area contributed by atoms with Gasteiger partial charge in [0, 0.05) is 35.6 Å². The average Bonchev–Trinajstić information content (AvgIpc) is 2.80. The maximum atomic E-state index is 12.1. The molecular weight excluding hydrogens is 271 g/mol. The van der Waals surface area contributed by atoms with Crippen molar-refractivity contribution in [3.8, 4) is 0 Å². The van der Waals surface area contributed by atoms with Crippen LogP contribution in [0, 0.1) is 0 Å². The molecule has 0 aliphatic heterocycles. The molecule has 3 N–H and O–H groups in total. The van der Waals surface area contributed by atoms with Crippen LogP contribution in [0.25, 0.3) is 10.9 Å². The van der Waals surface area contributed by atoms with Crippen LogP contribution in [0.3, 0.4) is 0 Å². The molecule has 2 rings (SSSR count). The second kappa shape index (κ2) is 5.44. The summed E-state index contributed by atoms with van der Waals surface area (Å²) in [5.41, 5.74) is 6.88. The molecule has 4 nitrogen and oxygen atoms in total. The molecule has 0 atom stereocenters. The van der Waals surface area contributed by atoms with E-state index in [4.69, 9.17) is 10.9 Å². The van der Waals surface area contributed by atoms with E-state index in [-0.39, 0.29) is 18.8 Å². The van der Waals surface area contributed by atoms with Crippen molar-refractivity contribution in [2.45, 2.75) is 25.6 Å². The smallest absolute Gasteiger partial charge is 0.389 e. The highest BCUT2D eigenvalue weighted by atomic mass is 19.4. The van der Waals surface area contributed by atoms with Crippen LogP contribution in [0.4, 0.5) is 13.2 Å². The van der Waals surface area contributed by atoms with Crippen molar-refractivity contribution < 1.29 is 18.4 Å². The van der Waals surface area contributed by atoms with Gasteiger partial charge < -0.3 is 15.5 Å². The monoisotopic (exact) mass is 285 g/mol. The number of benzene rings is 1. The summed E-state index contributed by atoms with van der Waals surface area (Å²) < 4.78 is 38.2. The van der Waals surface area contributed by atoms with Crippen molar-refractivity contribution in [2.75, 3.05) is 0 Å². The molecule has 20 heavy (non-hydrogen) atoms. The highest BCUT2D eigenvalue weighted by Gasteiger charge is 2.26. The lowest BCUT2D eigenvalue weighted by molar-refractivity contribution is -0.135. The van der Waals surface area contributed by atoms with E-state index in [1.54, 1.807) is 35.0 Å². The molecule has 0 spiro atoms. The minimum Gasteiger partial charge on any atom is -0.409 e. The first kappa shape index (κ1) is 14.2. The number of rotatable bonds is 4. The minimum atomic E-state index is -4.14. The van der Waals surface area contributed by atoms with Gasteiger partial charge in [-0.1, -0.05) is 17.3 Å². The van der Waals surface area contributed by atoms with Gasteiger partial charge in [0.2, 0.25) is 0 Å². The number of halogens is 3. The second-order valence-electron chi connectivity index (χ2n) is 4.45. The predicted molar refractivity (Wildman–Crippen MR) is 69.7 cm³/mol. The van der Waals surface area contributed by atoms with Gasteiger partial charge >= 0.3 is 6.18 Å². The summed E-state index contributed by atoms with van der Waals surface area (Å²) in [7, 11) is 0. The molecule has 1 aromatic heterocycles. The Morgan fingerprint density at radius 2 is 2.05 bits per heavy atom. The van der Waals surface area contributed by atoms with Gasteiger partial charge in [-0.3, -0.25) is 0 Å². The van der Waals surface area contributed by atoms with E-state index in [0.717, 1.165) is 10.9 Å². The Bertz CT molecular complexity index is 631. The zero-order valence-electron chi connectivity index (χ0n) is 10.6. The number of alkyl halides is 3. The second-order valence-corrected chi connectivity index (χ2v) is 4.45. The molecule has 0 aliphatic rings. The number of hydrogen-bond acceptors (Lipinski definition) is 2. The number of hydrogen-bond donors (Lipinski definition) is 2. The summed E-state index contributed by atoms with van der Waals surface area (Å²) in [5, 5.41) is 12.4. The Kier molecular flexibility index (Phi) is 3.87. The highest BCUT2D eigenvalue weighted by Crippen LogP contribution is 2.24. The van der Waals surface area contributed by atoms with Crippen LogP contribution < -0.4 is 5.73 Å². The minimum absolute atomic E-state index is 0.0150. The third kappa shape index (κ3) is 3.04. The standard InChI is InChI=1S/C13H14F3N3O/c14-13(15,16)6-2-7-19-8-5-9-10(12(17)18-20)3-1-4-11(9)19/h1,3-5,8,20H,2,6-7H2,(H2,17,18). The van der Waals surface area contributed by atoms with Gasteiger partial charge in [0.1, 0.15) is 0 Å². The van der Waals surface area contributed by atoms with Gasteiger partial charge in [-0.05, 0) is 18.6 Å². The number of amidine groups is 1. The van der Waals surface area contributed by atoms with Crippen LogP contribution in [0.5, 0.6) is 0 Å². The summed E-state index contributed by atoms with van der Waals surface area (Å²) in [4.78, 5) is 0. The van der Waals surface area contributed by atoms with Crippen LogP contribution in [-0.4, -0.2) is 21.8 Å². The Hall–Kier alpha value is -2.18. The molecule has 0 radical (unpaired) electrons. The largest absolute Gasteiger partial charge is 0.409 e. The molecule has 0 saturated carbocycles. The summed E-state index contributed by atoms with van der Waals surface area (Å²) in [6.07, 6.45) is -3.23.